The molecule has 0 saturated heterocycles. The summed E-state index contributed by atoms with van der Waals surface area (Å²) in [7, 11) is -1.56. The summed E-state index contributed by atoms with van der Waals surface area (Å²) in [5, 5.41) is 21.2. The summed E-state index contributed by atoms with van der Waals surface area (Å²) in [5.41, 5.74) is 0.841. The van der Waals surface area contributed by atoms with Gasteiger partial charge in [-0.15, -0.1) is 0 Å². The lowest BCUT2D eigenvalue weighted by atomic mass is 9.87. The fraction of sp³-hybridized carbons (Fsp3) is 0. The standard InChI is InChI=1S/C12H9BO3/c14-13(15)12-7-10-9-4-2-1-3-8(9)5-6-11(10)16-12/h1-7,14-15H. The molecule has 2 N–H and O–H groups in total. The molecule has 1 heterocycles. The van der Waals surface area contributed by atoms with E-state index >= 15 is 0 Å². The van der Waals surface area contributed by atoms with Crippen molar-refractivity contribution in [2.45, 2.75) is 0 Å². The largest absolute Gasteiger partial charge is 0.526 e. The van der Waals surface area contributed by atoms with Gasteiger partial charge in [-0.25, -0.2) is 0 Å². The Hall–Kier alpha value is -1.78. The Morgan fingerprint density at radius 1 is 0.938 bits per heavy atom. The Balaban J connectivity index is 2.41. The van der Waals surface area contributed by atoms with Crippen LogP contribution in [0.2, 0.25) is 0 Å². The highest BCUT2D eigenvalue weighted by molar-refractivity contribution is 6.57. The van der Waals surface area contributed by atoms with Gasteiger partial charge in [0.2, 0.25) is 0 Å². The molecule has 0 saturated carbocycles. The van der Waals surface area contributed by atoms with Crippen LogP contribution in [0.15, 0.2) is 46.9 Å². The highest BCUT2D eigenvalue weighted by Gasteiger charge is 2.17. The molecule has 0 aliphatic carbocycles. The molecule has 0 atom stereocenters. The van der Waals surface area contributed by atoms with E-state index in [9.17, 15) is 0 Å². The second-order valence-corrected chi connectivity index (χ2v) is 3.72. The van der Waals surface area contributed by atoms with E-state index in [0.29, 0.717) is 5.58 Å². The molecule has 3 rings (SSSR count). The first-order valence-corrected chi connectivity index (χ1v) is 5.03. The van der Waals surface area contributed by atoms with Crippen molar-refractivity contribution < 1.29 is 14.5 Å². The van der Waals surface area contributed by atoms with Crippen LogP contribution in [0, 0.1) is 0 Å². The van der Waals surface area contributed by atoms with Crippen LogP contribution >= 0.6 is 0 Å². The summed E-state index contributed by atoms with van der Waals surface area (Å²) in [6, 6.07) is 13.4. The van der Waals surface area contributed by atoms with E-state index in [4.69, 9.17) is 14.5 Å². The molecule has 0 radical (unpaired) electrons. The van der Waals surface area contributed by atoms with Crippen molar-refractivity contribution in [2.24, 2.45) is 0 Å². The second kappa shape index (κ2) is 3.37. The van der Waals surface area contributed by atoms with Crippen LogP contribution in [0.5, 0.6) is 0 Å². The van der Waals surface area contributed by atoms with Gasteiger partial charge in [-0.3, -0.25) is 0 Å². The summed E-state index contributed by atoms with van der Waals surface area (Å²) in [4.78, 5) is 0. The van der Waals surface area contributed by atoms with Crippen LogP contribution < -0.4 is 5.66 Å². The van der Waals surface area contributed by atoms with Crippen LogP contribution in [0.25, 0.3) is 21.7 Å². The average molecular weight is 212 g/mol. The Kier molecular flexibility index (Phi) is 1.99. The molecule has 0 unspecified atom stereocenters. The van der Waals surface area contributed by atoms with Gasteiger partial charge in [0, 0.05) is 5.39 Å². The quantitative estimate of drug-likeness (QED) is 0.597. The molecule has 0 aliphatic rings. The van der Waals surface area contributed by atoms with Gasteiger partial charge in [-0.1, -0.05) is 30.3 Å². The number of rotatable bonds is 1. The van der Waals surface area contributed by atoms with Gasteiger partial charge < -0.3 is 14.5 Å². The molecule has 0 aliphatic heterocycles. The first-order valence-electron chi connectivity index (χ1n) is 5.03. The molecule has 0 bridgehead atoms. The Bertz CT molecular complexity index is 657. The average Bonchev–Trinajstić information content (AvgIpc) is 2.73. The second-order valence-electron chi connectivity index (χ2n) is 3.72. The van der Waals surface area contributed by atoms with Gasteiger partial charge in [-0.2, -0.15) is 0 Å². The number of furan rings is 1. The zero-order valence-corrected chi connectivity index (χ0v) is 8.42. The van der Waals surface area contributed by atoms with Gasteiger partial charge in [0.05, 0.1) is 0 Å². The maximum Gasteiger partial charge on any atom is 0.526 e. The molecule has 0 amide bonds. The lowest BCUT2D eigenvalue weighted by Crippen LogP contribution is -2.27. The van der Waals surface area contributed by atoms with Crippen molar-refractivity contribution in [1.82, 2.24) is 0 Å². The number of hydrogen-bond donors (Lipinski definition) is 2. The number of fused-ring (bicyclic) bond motifs is 3. The van der Waals surface area contributed by atoms with E-state index in [-0.39, 0.29) is 5.66 Å². The van der Waals surface area contributed by atoms with Crippen LogP contribution in [0.3, 0.4) is 0 Å². The maximum absolute atomic E-state index is 9.06. The topological polar surface area (TPSA) is 53.6 Å². The molecular weight excluding hydrogens is 203 g/mol. The van der Waals surface area contributed by atoms with E-state index in [0.717, 1.165) is 16.2 Å². The van der Waals surface area contributed by atoms with Crippen molar-refractivity contribution in [1.29, 1.82) is 0 Å². The van der Waals surface area contributed by atoms with Gasteiger partial charge in [0.1, 0.15) is 11.2 Å². The molecule has 4 heteroatoms. The lowest BCUT2D eigenvalue weighted by molar-refractivity contribution is 0.412. The van der Waals surface area contributed by atoms with Crippen molar-refractivity contribution in [3.63, 3.8) is 0 Å². The third-order valence-electron chi connectivity index (χ3n) is 2.70. The molecule has 16 heavy (non-hydrogen) atoms. The molecule has 78 valence electrons. The predicted octanol–water partition coefficient (Wildman–Crippen LogP) is 1.27. The van der Waals surface area contributed by atoms with Crippen LogP contribution in [-0.2, 0) is 0 Å². The summed E-state index contributed by atoms with van der Waals surface area (Å²) < 4.78 is 5.34. The van der Waals surface area contributed by atoms with Gasteiger partial charge in [-0.05, 0) is 22.9 Å². The van der Waals surface area contributed by atoms with E-state index in [1.54, 1.807) is 6.07 Å². The van der Waals surface area contributed by atoms with Crippen molar-refractivity contribution in [3.05, 3.63) is 42.5 Å². The van der Waals surface area contributed by atoms with E-state index < -0.39 is 7.12 Å². The van der Waals surface area contributed by atoms with Crippen molar-refractivity contribution >= 4 is 34.5 Å². The monoisotopic (exact) mass is 212 g/mol. The molecule has 0 fully saturated rings. The SMILES string of the molecule is OB(O)c1cc2c(ccc3ccccc32)o1. The maximum atomic E-state index is 9.06. The Labute approximate surface area is 92.1 Å². The zero-order valence-electron chi connectivity index (χ0n) is 8.42. The molecule has 1 aromatic heterocycles. The molecular formula is C12H9BO3. The van der Waals surface area contributed by atoms with Crippen molar-refractivity contribution in [3.8, 4) is 0 Å². The molecule has 3 aromatic rings. The summed E-state index contributed by atoms with van der Waals surface area (Å²) in [6.45, 7) is 0. The van der Waals surface area contributed by atoms with Gasteiger partial charge >= 0.3 is 7.12 Å². The number of benzene rings is 2. The summed E-state index contributed by atoms with van der Waals surface area (Å²) in [5.74, 6) is 0. The normalized spacial score (nSPS) is 11.1. The fourth-order valence-electron chi connectivity index (χ4n) is 1.94. The van der Waals surface area contributed by atoms with Crippen LogP contribution in [-0.4, -0.2) is 17.2 Å². The van der Waals surface area contributed by atoms with Crippen LogP contribution in [0.1, 0.15) is 0 Å². The highest BCUT2D eigenvalue weighted by Crippen LogP contribution is 2.25. The molecule has 3 nitrogen and oxygen atoms in total. The minimum atomic E-state index is -1.56. The van der Waals surface area contributed by atoms with Crippen LogP contribution in [0.4, 0.5) is 0 Å². The van der Waals surface area contributed by atoms with Gasteiger partial charge in [0.15, 0.2) is 0 Å². The number of hydrogen-bond acceptors (Lipinski definition) is 3. The minimum Gasteiger partial charge on any atom is -0.465 e. The zero-order chi connectivity index (χ0) is 11.1. The third kappa shape index (κ3) is 1.32. The van der Waals surface area contributed by atoms with Gasteiger partial charge in [0.25, 0.3) is 0 Å². The first-order chi connectivity index (χ1) is 7.75. The van der Waals surface area contributed by atoms with E-state index in [1.807, 2.05) is 36.4 Å². The third-order valence-corrected chi connectivity index (χ3v) is 2.70. The fourth-order valence-corrected chi connectivity index (χ4v) is 1.94. The predicted molar refractivity (Wildman–Crippen MR) is 63.5 cm³/mol. The molecule has 2 aromatic carbocycles. The minimum absolute atomic E-state index is 0.173. The summed E-state index contributed by atoms with van der Waals surface area (Å²) in [6.07, 6.45) is 0. The first kappa shape index (κ1) is 9.45. The van der Waals surface area contributed by atoms with E-state index in [2.05, 4.69) is 0 Å². The Morgan fingerprint density at radius 3 is 2.56 bits per heavy atom. The smallest absolute Gasteiger partial charge is 0.465 e. The lowest BCUT2D eigenvalue weighted by Gasteiger charge is -1.96. The highest BCUT2D eigenvalue weighted by atomic mass is 16.4. The Morgan fingerprint density at radius 2 is 1.75 bits per heavy atom. The summed E-state index contributed by atoms with van der Waals surface area (Å²) >= 11 is 0. The van der Waals surface area contributed by atoms with E-state index in [1.165, 1.54) is 0 Å². The molecule has 0 spiro atoms. The van der Waals surface area contributed by atoms with Crippen molar-refractivity contribution in [2.75, 3.05) is 0 Å².